The summed E-state index contributed by atoms with van der Waals surface area (Å²) in [5.74, 6) is 2.41. The highest BCUT2D eigenvalue weighted by atomic mass is 32.2. The lowest BCUT2D eigenvalue weighted by Crippen LogP contribution is -2.53. The molecule has 4 heteroatoms. The van der Waals surface area contributed by atoms with Crippen molar-refractivity contribution in [1.29, 1.82) is 0 Å². The van der Waals surface area contributed by atoms with Crippen LogP contribution in [-0.4, -0.2) is 24.0 Å². The third-order valence-electron chi connectivity index (χ3n) is 3.44. The summed E-state index contributed by atoms with van der Waals surface area (Å²) >= 11 is 1.89. The number of rotatable bonds is 10. The summed E-state index contributed by atoms with van der Waals surface area (Å²) in [6.45, 7) is 7.30. The summed E-state index contributed by atoms with van der Waals surface area (Å²) in [5, 5.41) is 3.40. The molecule has 1 rings (SSSR count). The zero-order chi connectivity index (χ0) is 15.7. The van der Waals surface area contributed by atoms with Gasteiger partial charge in [-0.2, -0.15) is 11.8 Å². The quantitative estimate of drug-likeness (QED) is 0.653. The van der Waals surface area contributed by atoms with Gasteiger partial charge in [0, 0.05) is 0 Å². The maximum atomic E-state index is 12.2. The standard InChI is InChI=1S/C17H28N2OS/c1-4-11-19-17(16(18)20,10-12-21-13-14(2)3)15-8-6-5-7-9-15/h5-9,14,19H,4,10-13H2,1-3H3,(H2,18,20). The van der Waals surface area contributed by atoms with Crippen LogP contribution in [0, 0.1) is 5.92 Å². The Bertz CT molecular complexity index is 422. The van der Waals surface area contributed by atoms with Gasteiger partial charge in [-0.15, -0.1) is 0 Å². The maximum Gasteiger partial charge on any atom is 0.242 e. The van der Waals surface area contributed by atoms with Crippen molar-refractivity contribution in [3.63, 3.8) is 0 Å². The number of hydrogen-bond acceptors (Lipinski definition) is 3. The summed E-state index contributed by atoms with van der Waals surface area (Å²) in [6.07, 6.45) is 1.70. The second-order valence-corrected chi connectivity index (χ2v) is 6.93. The van der Waals surface area contributed by atoms with Crippen molar-refractivity contribution < 1.29 is 4.79 Å². The first-order valence-electron chi connectivity index (χ1n) is 7.71. The van der Waals surface area contributed by atoms with Crippen LogP contribution < -0.4 is 11.1 Å². The molecule has 0 aliphatic heterocycles. The highest BCUT2D eigenvalue weighted by Crippen LogP contribution is 2.27. The van der Waals surface area contributed by atoms with Crippen LogP contribution in [-0.2, 0) is 10.3 Å². The fraction of sp³-hybridized carbons (Fsp3) is 0.588. The van der Waals surface area contributed by atoms with Crippen LogP contribution in [0.2, 0.25) is 0 Å². The van der Waals surface area contributed by atoms with Gasteiger partial charge in [0.2, 0.25) is 5.91 Å². The molecular formula is C17H28N2OS. The number of hydrogen-bond donors (Lipinski definition) is 2. The van der Waals surface area contributed by atoms with Crippen molar-refractivity contribution in [1.82, 2.24) is 5.32 Å². The van der Waals surface area contributed by atoms with Crippen molar-refractivity contribution in [2.45, 2.75) is 39.2 Å². The molecule has 0 spiro atoms. The number of thioether (sulfide) groups is 1. The number of carbonyl (C=O) groups excluding carboxylic acids is 1. The van der Waals surface area contributed by atoms with E-state index in [2.05, 4.69) is 26.1 Å². The van der Waals surface area contributed by atoms with E-state index >= 15 is 0 Å². The minimum Gasteiger partial charge on any atom is -0.368 e. The average Bonchev–Trinajstić information content (AvgIpc) is 2.47. The van der Waals surface area contributed by atoms with E-state index in [9.17, 15) is 4.79 Å². The molecule has 0 saturated heterocycles. The van der Waals surface area contributed by atoms with E-state index < -0.39 is 5.54 Å². The van der Waals surface area contributed by atoms with Gasteiger partial charge in [-0.3, -0.25) is 10.1 Å². The van der Waals surface area contributed by atoms with Crippen LogP contribution in [0.1, 0.15) is 39.2 Å². The molecule has 0 bridgehead atoms. The first-order valence-corrected chi connectivity index (χ1v) is 8.86. The zero-order valence-corrected chi connectivity index (χ0v) is 14.2. The lowest BCUT2D eigenvalue weighted by Gasteiger charge is -2.32. The number of nitrogens with two attached hydrogens (primary N) is 1. The summed E-state index contributed by atoms with van der Waals surface area (Å²) in [7, 11) is 0. The van der Waals surface area contributed by atoms with Crippen molar-refractivity contribution in [2.75, 3.05) is 18.1 Å². The molecule has 0 aliphatic carbocycles. The molecule has 0 heterocycles. The Balaban J connectivity index is 2.88. The maximum absolute atomic E-state index is 12.2. The fourth-order valence-corrected chi connectivity index (χ4v) is 3.38. The second kappa shape index (κ2) is 9.11. The molecule has 0 saturated carbocycles. The summed E-state index contributed by atoms with van der Waals surface area (Å²) in [4.78, 5) is 12.2. The first-order chi connectivity index (χ1) is 10.0. The summed E-state index contributed by atoms with van der Waals surface area (Å²) < 4.78 is 0. The number of benzene rings is 1. The number of primary amides is 1. The van der Waals surface area contributed by atoms with Crippen LogP contribution in [0.5, 0.6) is 0 Å². The van der Waals surface area contributed by atoms with E-state index in [0.717, 1.165) is 36.5 Å². The van der Waals surface area contributed by atoms with Gasteiger partial charge in [0.15, 0.2) is 0 Å². The van der Waals surface area contributed by atoms with E-state index in [1.54, 1.807) is 0 Å². The molecule has 1 aromatic carbocycles. The van der Waals surface area contributed by atoms with E-state index in [0.29, 0.717) is 5.92 Å². The van der Waals surface area contributed by atoms with Gasteiger partial charge >= 0.3 is 0 Å². The highest BCUT2D eigenvalue weighted by molar-refractivity contribution is 7.99. The SMILES string of the molecule is CCCNC(CCSCC(C)C)(C(N)=O)c1ccccc1. The molecule has 0 radical (unpaired) electrons. The largest absolute Gasteiger partial charge is 0.368 e. The number of carbonyl (C=O) groups is 1. The molecule has 3 N–H and O–H groups in total. The average molecular weight is 308 g/mol. The number of amides is 1. The van der Waals surface area contributed by atoms with Gasteiger partial charge in [0.05, 0.1) is 0 Å². The molecule has 0 aliphatic rings. The lowest BCUT2D eigenvalue weighted by atomic mass is 9.86. The molecule has 1 amide bonds. The van der Waals surface area contributed by atoms with Crippen molar-refractivity contribution in [3.8, 4) is 0 Å². The van der Waals surface area contributed by atoms with Crippen molar-refractivity contribution in [2.24, 2.45) is 11.7 Å². The molecule has 1 atom stereocenters. The molecule has 1 unspecified atom stereocenters. The molecule has 21 heavy (non-hydrogen) atoms. The Morgan fingerprint density at radius 2 is 2.00 bits per heavy atom. The fourth-order valence-electron chi connectivity index (χ4n) is 2.29. The topological polar surface area (TPSA) is 55.1 Å². The summed E-state index contributed by atoms with van der Waals surface area (Å²) in [6, 6.07) is 9.85. The lowest BCUT2D eigenvalue weighted by molar-refractivity contribution is -0.125. The van der Waals surface area contributed by atoms with E-state index in [1.165, 1.54) is 0 Å². The smallest absolute Gasteiger partial charge is 0.242 e. The van der Waals surface area contributed by atoms with E-state index in [-0.39, 0.29) is 5.91 Å². The van der Waals surface area contributed by atoms with Crippen molar-refractivity contribution in [3.05, 3.63) is 35.9 Å². The Morgan fingerprint density at radius 1 is 1.33 bits per heavy atom. The van der Waals surface area contributed by atoms with Gasteiger partial charge in [-0.1, -0.05) is 51.1 Å². The zero-order valence-electron chi connectivity index (χ0n) is 13.4. The predicted octanol–water partition coefficient (Wildman–Crippen LogP) is 3.15. The predicted molar refractivity (Wildman–Crippen MR) is 92.4 cm³/mol. The molecular weight excluding hydrogens is 280 g/mol. The summed E-state index contributed by atoms with van der Waals surface area (Å²) in [5.41, 5.74) is 6.00. The van der Waals surface area contributed by atoms with Crippen LogP contribution in [0.4, 0.5) is 0 Å². The van der Waals surface area contributed by atoms with Crippen LogP contribution in [0.3, 0.4) is 0 Å². The van der Waals surface area contributed by atoms with Gasteiger partial charge in [-0.05, 0) is 42.4 Å². The van der Waals surface area contributed by atoms with Gasteiger partial charge in [0.25, 0.3) is 0 Å². The van der Waals surface area contributed by atoms with Gasteiger partial charge in [0.1, 0.15) is 5.54 Å². The second-order valence-electron chi connectivity index (χ2n) is 5.78. The highest BCUT2D eigenvalue weighted by Gasteiger charge is 2.37. The van der Waals surface area contributed by atoms with Gasteiger partial charge in [-0.25, -0.2) is 0 Å². The normalized spacial score (nSPS) is 14.1. The third-order valence-corrected chi connectivity index (χ3v) is 4.83. The third kappa shape index (κ3) is 5.36. The monoisotopic (exact) mass is 308 g/mol. The Hall–Kier alpha value is -1.00. The molecule has 0 fully saturated rings. The number of nitrogens with one attached hydrogen (secondary N) is 1. The molecule has 0 aromatic heterocycles. The minimum absolute atomic E-state index is 0.285. The Kier molecular flexibility index (Phi) is 7.83. The first kappa shape index (κ1) is 18.1. The van der Waals surface area contributed by atoms with Gasteiger partial charge < -0.3 is 5.73 Å². The van der Waals surface area contributed by atoms with Crippen LogP contribution in [0.25, 0.3) is 0 Å². The Labute approximate surface area is 133 Å². The minimum atomic E-state index is -0.749. The van der Waals surface area contributed by atoms with Crippen LogP contribution in [0.15, 0.2) is 30.3 Å². The van der Waals surface area contributed by atoms with Crippen molar-refractivity contribution >= 4 is 17.7 Å². The van der Waals surface area contributed by atoms with E-state index in [4.69, 9.17) is 5.73 Å². The molecule has 3 nitrogen and oxygen atoms in total. The molecule has 1 aromatic rings. The van der Waals surface area contributed by atoms with Crippen LogP contribution >= 0.6 is 11.8 Å². The molecule has 118 valence electrons. The van der Waals surface area contributed by atoms with E-state index in [1.807, 2.05) is 42.1 Å². The Morgan fingerprint density at radius 3 is 2.52 bits per heavy atom.